The van der Waals surface area contributed by atoms with Gasteiger partial charge in [0.15, 0.2) is 5.79 Å². The quantitative estimate of drug-likeness (QED) is 0.781. The van der Waals surface area contributed by atoms with Crippen LogP contribution in [0.25, 0.3) is 0 Å². The maximum Gasteiger partial charge on any atom is 0.174 e. The lowest BCUT2D eigenvalue weighted by atomic mass is 9.55. The molecule has 1 heterocycles. The van der Waals surface area contributed by atoms with Crippen LogP contribution in [0.1, 0.15) is 63.0 Å². The Morgan fingerprint density at radius 3 is 2.76 bits per heavy atom. The molecule has 0 aromatic heterocycles. The van der Waals surface area contributed by atoms with Crippen LogP contribution in [-0.4, -0.2) is 25.6 Å². The zero-order valence-corrected chi connectivity index (χ0v) is 15.6. The Kier molecular flexibility index (Phi) is 3.69. The molecule has 2 saturated carbocycles. The van der Waals surface area contributed by atoms with Crippen LogP contribution in [0.4, 0.5) is 0 Å². The highest BCUT2D eigenvalue weighted by Crippen LogP contribution is 2.66. The van der Waals surface area contributed by atoms with Gasteiger partial charge in [-0.1, -0.05) is 13.0 Å². The van der Waals surface area contributed by atoms with E-state index in [0.717, 1.165) is 43.8 Å². The first-order valence-corrected chi connectivity index (χ1v) is 10.2. The smallest absolute Gasteiger partial charge is 0.174 e. The number of fused-ring (bicyclic) bond motifs is 6. The van der Waals surface area contributed by atoms with Crippen molar-refractivity contribution in [3.05, 3.63) is 29.3 Å². The van der Waals surface area contributed by atoms with E-state index in [1.54, 1.807) is 5.56 Å². The second kappa shape index (κ2) is 5.72. The minimum absolute atomic E-state index is 0.202. The lowest BCUT2D eigenvalue weighted by Gasteiger charge is -2.52. The monoisotopic (exact) mass is 342 g/mol. The predicted octanol–water partition coefficient (Wildman–Crippen LogP) is 4.68. The highest BCUT2D eigenvalue weighted by Gasteiger charge is 2.64. The number of ether oxygens (including phenoxy) is 3. The zero-order valence-electron chi connectivity index (χ0n) is 15.6. The molecular weight excluding hydrogens is 312 g/mol. The number of aryl methyl sites for hydroxylation is 1. The zero-order chi connectivity index (χ0) is 17.1. The van der Waals surface area contributed by atoms with E-state index in [-0.39, 0.29) is 11.2 Å². The van der Waals surface area contributed by atoms with Gasteiger partial charge in [0.1, 0.15) is 5.75 Å². The summed E-state index contributed by atoms with van der Waals surface area (Å²) in [5, 5.41) is 0. The Bertz CT molecular complexity index is 663. The number of benzene rings is 1. The van der Waals surface area contributed by atoms with Crippen molar-refractivity contribution in [1.82, 2.24) is 0 Å². The molecule has 1 aromatic carbocycles. The number of rotatable bonds is 2. The molecule has 0 amide bonds. The van der Waals surface area contributed by atoms with E-state index in [1.807, 2.05) is 0 Å². The van der Waals surface area contributed by atoms with Gasteiger partial charge in [-0.15, -0.1) is 0 Å². The Hall–Kier alpha value is -1.06. The molecule has 1 spiro atoms. The topological polar surface area (TPSA) is 27.7 Å². The molecule has 1 aromatic rings. The summed E-state index contributed by atoms with van der Waals surface area (Å²) in [5.41, 5.74) is 3.32. The first-order chi connectivity index (χ1) is 12.2. The summed E-state index contributed by atoms with van der Waals surface area (Å²) in [6.45, 7) is 6.81. The van der Waals surface area contributed by atoms with Crippen LogP contribution in [-0.2, 0) is 15.9 Å². The molecule has 0 radical (unpaired) electrons. The van der Waals surface area contributed by atoms with E-state index >= 15 is 0 Å². The van der Waals surface area contributed by atoms with Crippen molar-refractivity contribution in [2.75, 3.05) is 19.8 Å². The summed E-state index contributed by atoms with van der Waals surface area (Å²) < 4.78 is 18.2. The third kappa shape index (κ3) is 2.18. The molecule has 1 aliphatic heterocycles. The summed E-state index contributed by atoms with van der Waals surface area (Å²) in [6, 6.07) is 6.83. The molecule has 3 aliphatic carbocycles. The maximum absolute atomic E-state index is 6.23. The normalized spacial score (nSPS) is 38.2. The molecule has 4 aliphatic rings. The number of hydrogen-bond donors (Lipinski definition) is 0. The summed E-state index contributed by atoms with van der Waals surface area (Å²) in [4.78, 5) is 0. The summed E-state index contributed by atoms with van der Waals surface area (Å²) in [5.74, 6) is 3.00. The maximum atomic E-state index is 6.23. The first-order valence-electron chi connectivity index (χ1n) is 10.2. The summed E-state index contributed by atoms with van der Waals surface area (Å²) >= 11 is 0. The SMILES string of the molecule is CCOc1ccc2c(c1)CC[C@@H]1[C@@H]2CC[C@@]2(C)[C@H]1CCC21OCCO1. The lowest BCUT2D eigenvalue weighted by Crippen LogP contribution is -2.51. The molecule has 5 rings (SSSR count). The summed E-state index contributed by atoms with van der Waals surface area (Å²) in [6.07, 6.45) is 7.36. The standard InChI is InChI=1S/C22H30O3/c1-3-23-16-5-7-17-15(14-16)4-6-19-18(17)8-10-21(2)20(19)9-11-22(21)24-12-13-25-22/h5,7,14,18-20H,3-4,6,8-13H2,1-2H3/t18-,19-,20+,21+/m1/s1. The molecule has 0 unspecified atom stereocenters. The Morgan fingerprint density at radius 2 is 1.96 bits per heavy atom. The highest BCUT2D eigenvalue weighted by atomic mass is 16.7. The van der Waals surface area contributed by atoms with Crippen molar-refractivity contribution < 1.29 is 14.2 Å². The van der Waals surface area contributed by atoms with E-state index in [9.17, 15) is 0 Å². The second-order valence-corrected chi connectivity index (χ2v) is 8.65. The van der Waals surface area contributed by atoms with Crippen LogP contribution in [0, 0.1) is 17.3 Å². The van der Waals surface area contributed by atoms with Crippen LogP contribution in [0.2, 0.25) is 0 Å². The minimum Gasteiger partial charge on any atom is -0.494 e. The van der Waals surface area contributed by atoms with E-state index in [0.29, 0.717) is 5.92 Å². The van der Waals surface area contributed by atoms with Crippen LogP contribution in [0.5, 0.6) is 5.75 Å². The number of hydrogen-bond acceptors (Lipinski definition) is 3. The highest BCUT2D eigenvalue weighted by molar-refractivity contribution is 5.40. The largest absolute Gasteiger partial charge is 0.494 e. The van der Waals surface area contributed by atoms with E-state index in [1.165, 1.54) is 37.7 Å². The van der Waals surface area contributed by atoms with Crippen LogP contribution < -0.4 is 4.74 Å². The van der Waals surface area contributed by atoms with Crippen LogP contribution in [0.3, 0.4) is 0 Å². The molecule has 3 heteroatoms. The average Bonchev–Trinajstić information content (AvgIpc) is 3.21. The van der Waals surface area contributed by atoms with Crippen molar-refractivity contribution in [2.24, 2.45) is 17.3 Å². The Morgan fingerprint density at radius 1 is 1.12 bits per heavy atom. The first kappa shape index (κ1) is 16.1. The molecule has 1 saturated heterocycles. The Labute approximate surface area is 151 Å². The van der Waals surface area contributed by atoms with Gasteiger partial charge in [0, 0.05) is 11.8 Å². The van der Waals surface area contributed by atoms with Gasteiger partial charge in [-0.05, 0) is 80.0 Å². The van der Waals surface area contributed by atoms with Gasteiger partial charge < -0.3 is 14.2 Å². The van der Waals surface area contributed by atoms with Gasteiger partial charge in [0.2, 0.25) is 0 Å². The van der Waals surface area contributed by atoms with Crippen LogP contribution in [0.15, 0.2) is 18.2 Å². The molecule has 3 nitrogen and oxygen atoms in total. The third-order valence-corrected chi connectivity index (χ3v) is 7.81. The van der Waals surface area contributed by atoms with Gasteiger partial charge in [-0.3, -0.25) is 0 Å². The molecule has 25 heavy (non-hydrogen) atoms. The van der Waals surface area contributed by atoms with Crippen molar-refractivity contribution >= 4 is 0 Å². The summed E-state index contributed by atoms with van der Waals surface area (Å²) in [7, 11) is 0. The van der Waals surface area contributed by atoms with Gasteiger partial charge in [-0.2, -0.15) is 0 Å². The Balaban J connectivity index is 1.46. The van der Waals surface area contributed by atoms with E-state index < -0.39 is 0 Å². The van der Waals surface area contributed by atoms with Gasteiger partial charge in [0.25, 0.3) is 0 Å². The van der Waals surface area contributed by atoms with Crippen molar-refractivity contribution in [2.45, 2.75) is 64.1 Å². The molecule has 0 N–H and O–H groups in total. The van der Waals surface area contributed by atoms with E-state index in [4.69, 9.17) is 14.2 Å². The molecule has 136 valence electrons. The van der Waals surface area contributed by atoms with Crippen molar-refractivity contribution in [3.63, 3.8) is 0 Å². The van der Waals surface area contributed by atoms with Crippen LogP contribution >= 0.6 is 0 Å². The fourth-order valence-electron chi connectivity index (χ4n) is 6.70. The van der Waals surface area contributed by atoms with Crippen molar-refractivity contribution in [1.29, 1.82) is 0 Å². The van der Waals surface area contributed by atoms with Gasteiger partial charge in [0.05, 0.1) is 19.8 Å². The molecular formula is C22H30O3. The van der Waals surface area contributed by atoms with Gasteiger partial charge in [-0.25, -0.2) is 0 Å². The van der Waals surface area contributed by atoms with Crippen molar-refractivity contribution in [3.8, 4) is 5.75 Å². The average molecular weight is 342 g/mol. The third-order valence-electron chi connectivity index (χ3n) is 7.81. The fraction of sp³-hybridized carbons (Fsp3) is 0.727. The molecule has 0 bridgehead atoms. The molecule has 4 atom stereocenters. The fourth-order valence-corrected chi connectivity index (χ4v) is 6.70. The minimum atomic E-state index is -0.276. The second-order valence-electron chi connectivity index (χ2n) is 8.65. The van der Waals surface area contributed by atoms with Gasteiger partial charge >= 0.3 is 0 Å². The molecule has 3 fully saturated rings. The predicted molar refractivity (Wildman–Crippen MR) is 96.9 cm³/mol. The lowest BCUT2D eigenvalue weighted by molar-refractivity contribution is -0.237. The van der Waals surface area contributed by atoms with E-state index in [2.05, 4.69) is 32.0 Å².